The van der Waals surface area contributed by atoms with Crippen LogP contribution in [0.15, 0.2) is 47.4 Å². The third kappa shape index (κ3) is 5.57. The molecular weight excluding hydrogens is 462 g/mol. The molecular formula is C24H28ClN3O4S. The fraction of sp³-hybridized carbons (Fsp3) is 0.417. The van der Waals surface area contributed by atoms with E-state index in [1.54, 1.807) is 12.1 Å². The monoisotopic (exact) mass is 489 g/mol. The number of hydrogen-bond donors (Lipinski definition) is 2. The number of piperidine rings is 1. The summed E-state index contributed by atoms with van der Waals surface area (Å²) in [7, 11) is -3.67. The number of sulfonamides is 1. The predicted molar refractivity (Wildman–Crippen MR) is 128 cm³/mol. The van der Waals surface area contributed by atoms with E-state index in [4.69, 9.17) is 11.6 Å². The first-order valence-electron chi connectivity index (χ1n) is 11.3. The average Bonchev–Trinajstić information content (AvgIpc) is 3.66. The number of halogens is 1. The van der Waals surface area contributed by atoms with Crippen molar-refractivity contribution in [1.29, 1.82) is 0 Å². The minimum atomic E-state index is -3.67. The maximum atomic E-state index is 13.0. The molecule has 4 rings (SSSR count). The molecule has 2 N–H and O–H groups in total. The normalized spacial score (nSPS) is 17.9. The molecule has 1 unspecified atom stereocenters. The van der Waals surface area contributed by atoms with Crippen molar-refractivity contribution >= 4 is 39.1 Å². The third-order valence-corrected chi connectivity index (χ3v) is 8.33. The summed E-state index contributed by atoms with van der Waals surface area (Å²) in [4.78, 5) is 24.9. The second kappa shape index (κ2) is 9.83. The number of anilines is 1. The molecule has 9 heteroatoms. The van der Waals surface area contributed by atoms with Crippen molar-refractivity contribution in [2.24, 2.45) is 5.92 Å². The van der Waals surface area contributed by atoms with E-state index in [2.05, 4.69) is 10.6 Å². The van der Waals surface area contributed by atoms with Crippen LogP contribution in [0.25, 0.3) is 0 Å². The van der Waals surface area contributed by atoms with E-state index in [0.29, 0.717) is 18.8 Å². The van der Waals surface area contributed by atoms with Crippen LogP contribution in [0.4, 0.5) is 5.69 Å². The number of carbonyl (C=O) groups excluding carboxylic acids is 2. The van der Waals surface area contributed by atoms with Crippen molar-refractivity contribution in [3.8, 4) is 0 Å². The Bertz CT molecular complexity index is 1140. The van der Waals surface area contributed by atoms with Crippen LogP contribution < -0.4 is 10.6 Å². The van der Waals surface area contributed by atoms with Gasteiger partial charge in [0, 0.05) is 24.7 Å². The Morgan fingerprint density at radius 3 is 2.33 bits per heavy atom. The minimum Gasteiger partial charge on any atom is -0.345 e. The summed E-state index contributed by atoms with van der Waals surface area (Å²) in [5, 5.41) is 5.96. The zero-order valence-electron chi connectivity index (χ0n) is 18.5. The van der Waals surface area contributed by atoms with Crippen molar-refractivity contribution in [1.82, 2.24) is 9.62 Å². The van der Waals surface area contributed by atoms with Crippen LogP contribution in [0, 0.1) is 5.92 Å². The number of carbonyl (C=O) groups is 2. The zero-order valence-corrected chi connectivity index (χ0v) is 20.1. The number of benzene rings is 2. The van der Waals surface area contributed by atoms with Gasteiger partial charge in [-0.2, -0.15) is 4.31 Å². The lowest BCUT2D eigenvalue weighted by Crippen LogP contribution is -2.35. The topological polar surface area (TPSA) is 95.6 Å². The third-order valence-electron chi connectivity index (χ3n) is 6.11. The van der Waals surface area contributed by atoms with Gasteiger partial charge < -0.3 is 10.6 Å². The van der Waals surface area contributed by atoms with Gasteiger partial charge in [0.15, 0.2) is 0 Å². The fourth-order valence-corrected chi connectivity index (χ4v) is 5.64. The van der Waals surface area contributed by atoms with E-state index in [-0.39, 0.29) is 33.3 Å². The Labute approximate surface area is 199 Å². The first-order chi connectivity index (χ1) is 15.8. The summed E-state index contributed by atoms with van der Waals surface area (Å²) in [5.74, 6) is -0.283. The lowest BCUT2D eigenvalue weighted by molar-refractivity contribution is -0.117. The number of nitrogens with zero attached hydrogens (tertiary/aromatic N) is 1. The number of nitrogens with one attached hydrogen (secondary N) is 2. The van der Waals surface area contributed by atoms with Gasteiger partial charge in [0.2, 0.25) is 15.9 Å². The van der Waals surface area contributed by atoms with E-state index >= 15 is 0 Å². The van der Waals surface area contributed by atoms with Gasteiger partial charge in [0.25, 0.3) is 5.91 Å². The summed E-state index contributed by atoms with van der Waals surface area (Å²) < 4.78 is 27.5. The molecule has 1 saturated heterocycles. The van der Waals surface area contributed by atoms with Crippen LogP contribution in [0.5, 0.6) is 0 Å². The fourth-order valence-electron chi connectivity index (χ4n) is 3.90. The van der Waals surface area contributed by atoms with Gasteiger partial charge in [0.05, 0.1) is 21.5 Å². The maximum Gasteiger partial charge on any atom is 0.253 e. The molecule has 1 heterocycles. The van der Waals surface area contributed by atoms with Crippen LogP contribution in [0.3, 0.4) is 0 Å². The first-order valence-corrected chi connectivity index (χ1v) is 13.1. The van der Waals surface area contributed by atoms with Crippen molar-refractivity contribution in [3.63, 3.8) is 0 Å². The Kier molecular flexibility index (Phi) is 7.07. The minimum absolute atomic E-state index is 0.0399. The molecule has 2 aromatic rings. The summed E-state index contributed by atoms with van der Waals surface area (Å²) in [6.07, 6.45) is 4.57. The smallest absolute Gasteiger partial charge is 0.253 e. The van der Waals surface area contributed by atoms with Crippen molar-refractivity contribution in [2.75, 3.05) is 18.4 Å². The SMILES string of the molecule is CC(NC(=O)c1cc(S(=O)(=O)N2CCCCC2)ccc1Cl)c1ccc(NC(=O)C2CC2)cc1. The molecule has 176 valence electrons. The van der Waals surface area contributed by atoms with E-state index in [0.717, 1.165) is 37.7 Å². The van der Waals surface area contributed by atoms with Crippen LogP contribution in [0.1, 0.15) is 61.0 Å². The predicted octanol–water partition coefficient (Wildman–Crippen LogP) is 4.35. The molecule has 2 fully saturated rings. The quantitative estimate of drug-likeness (QED) is 0.604. The van der Waals surface area contributed by atoms with Crippen LogP contribution in [-0.4, -0.2) is 37.6 Å². The molecule has 1 aliphatic heterocycles. The van der Waals surface area contributed by atoms with E-state index in [1.807, 2.05) is 19.1 Å². The molecule has 2 aromatic carbocycles. The van der Waals surface area contributed by atoms with Gasteiger partial charge in [-0.25, -0.2) is 8.42 Å². The van der Waals surface area contributed by atoms with Crippen molar-refractivity contribution in [3.05, 3.63) is 58.6 Å². The molecule has 0 radical (unpaired) electrons. The summed E-state index contributed by atoms with van der Waals surface area (Å²) in [5.41, 5.74) is 1.68. The van der Waals surface area contributed by atoms with Crippen molar-refractivity contribution < 1.29 is 18.0 Å². The number of rotatable bonds is 7. The second-order valence-corrected chi connectivity index (χ2v) is 11.0. The van der Waals surface area contributed by atoms with E-state index in [1.165, 1.54) is 22.5 Å². The molecule has 33 heavy (non-hydrogen) atoms. The highest BCUT2D eigenvalue weighted by atomic mass is 35.5. The van der Waals surface area contributed by atoms with Crippen molar-refractivity contribution in [2.45, 2.75) is 50.0 Å². The summed E-state index contributed by atoms with van der Waals surface area (Å²) in [6.45, 7) is 2.80. The molecule has 0 bridgehead atoms. The maximum absolute atomic E-state index is 13.0. The van der Waals surface area contributed by atoms with Crippen LogP contribution in [-0.2, 0) is 14.8 Å². The highest BCUT2D eigenvalue weighted by Crippen LogP contribution is 2.30. The van der Waals surface area contributed by atoms with E-state index in [9.17, 15) is 18.0 Å². The number of hydrogen-bond acceptors (Lipinski definition) is 4. The standard InChI is InChI=1S/C24H28ClN3O4S/c1-16(17-7-9-19(10-8-17)27-23(29)18-5-6-18)26-24(30)21-15-20(11-12-22(21)25)33(31,32)28-13-3-2-4-14-28/h7-12,15-16,18H,2-6,13-14H2,1H3,(H,26,30)(H,27,29). The molecule has 1 saturated carbocycles. The van der Waals surface area contributed by atoms with Gasteiger partial charge in [0.1, 0.15) is 0 Å². The van der Waals surface area contributed by atoms with E-state index < -0.39 is 15.9 Å². The van der Waals surface area contributed by atoms with Gasteiger partial charge >= 0.3 is 0 Å². The molecule has 2 amide bonds. The van der Waals surface area contributed by atoms with Gasteiger partial charge in [-0.1, -0.05) is 30.2 Å². The zero-order chi connectivity index (χ0) is 23.6. The highest BCUT2D eigenvalue weighted by Gasteiger charge is 2.30. The summed E-state index contributed by atoms with van der Waals surface area (Å²) in [6, 6.07) is 11.2. The molecule has 2 aliphatic rings. The Morgan fingerprint density at radius 1 is 1.03 bits per heavy atom. The molecule has 0 aromatic heterocycles. The largest absolute Gasteiger partial charge is 0.345 e. The first kappa shape index (κ1) is 23.7. The van der Waals surface area contributed by atoms with Gasteiger partial charge in [-0.05, 0) is 68.5 Å². The van der Waals surface area contributed by atoms with Crippen LogP contribution in [0.2, 0.25) is 5.02 Å². The molecule has 7 nitrogen and oxygen atoms in total. The van der Waals surface area contributed by atoms with Gasteiger partial charge in [-0.3, -0.25) is 9.59 Å². The lowest BCUT2D eigenvalue weighted by Gasteiger charge is -2.26. The molecule has 0 spiro atoms. The summed E-state index contributed by atoms with van der Waals surface area (Å²) >= 11 is 6.25. The average molecular weight is 490 g/mol. The highest BCUT2D eigenvalue weighted by molar-refractivity contribution is 7.89. The molecule has 1 aliphatic carbocycles. The Morgan fingerprint density at radius 2 is 1.70 bits per heavy atom. The Hall–Kier alpha value is -2.42. The Balaban J connectivity index is 1.45. The van der Waals surface area contributed by atoms with Gasteiger partial charge in [-0.15, -0.1) is 0 Å². The molecule has 1 atom stereocenters. The number of amides is 2. The lowest BCUT2D eigenvalue weighted by atomic mass is 10.1. The van der Waals surface area contributed by atoms with Crippen LogP contribution >= 0.6 is 11.6 Å². The second-order valence-electron chi connectivity index (χ2n) is 8.69.